The molecule has 0 spiro atoms. The summed E-state index contributed by atoms with van der Waals surface area (Å²) in [5.74, 6) is 0.186. The number of nitrogens with zero attached hydrogens (tertiary/aromatic N) is 2. The summed E-state index contributed by atoms with van der Waals surface area (Å²) >= 11 is 0. The SMILES string of the molecule is CN(C)CCCNC(=O)CN1CCCCCC1. The van der Waals surface area contributed by atoms with Crippen molar-refractivity contribution in [2.45, 2.75) is 32.1 Å². The Kier molecular flexibility index (Phi) is 7.21. The zero-order valence-corrected chi connectivity index (χ0v) is 11.4. The van der Waals surface area contributed by atoms with Gasteiger partial charge in [0.2, 0.25) is 5.91 Å². The third-order valence-corrected chi connectivity index (χ3v) is 3.17. The van der Waals surface area contributed by atoms with Gasteiger partial charge in [0.05, 0.1) is 6.54 Å². The number of amides is 1. The molecule has 0 aromatic rings. The summed E-state index contributed by atoms with van der Waals surface area (Å²) in [7, 11) is 4.11. The van der Waals surface area contributed by atoms with Crippen molar-refractivity contribution in [2.24, 2.45) is 0 Å². The van der Waals surface area contributed by atoms with Gasteiger partial charge in [-0.15, -0.1) is 0 Å². The van der Waals surface area contributed by atoms with Crippen LogP contribution < -0.4 is 5.32 Å². The third-order valence-electron chi connectivity index (χ3n) is 3.17. The highest BCUT2D eigenvalue weighted by molar-refractivity contribution is 5.77. The van der Waals surface area contributed by atoms with Crippen LogP contribution in [0.2, 0.25) is 0 Å². The Morgan fingerprint density at radius 3 is 2.41 bits per heavy atom. The van der Waals surface area contributed by atoms with Gasteiger partial charge >= 0.3 is 0 Å². The van der Waals surface area contributed by atoms with Gasteiger partial charge in [-0.25, -0.2) is 0 Å². The molecule has 1 rings (SSSR count). The van der Waals surface area contributed by atoms with Crippen molar-refractivity contribution in [1.82, 2.24) is 15.1 Å². The van der Waals surface area contributed by atoms with Crippen molar-refractivity contribution in [3.8, 4) is 0 Å². The molecule has 0 unspecified atom stereocenters. The first-order valence-corrected chi connectivity index (χ1v) is 6.82. The van der Waals surface area contributed by atoms with Crippen molar-refractivity contribution in [1.29, 1.82) is 0 Å². The smallest absolute Gasteiger partial charge is 0.234 e. The molecule has 0 atom stereocenters. The molecular formula is C13H27N3O. The van der Waals surface area contributed by atoms with Crippen LogP contribution in [-0.4, -0.2) is 62.5 Å². The van der Waals surface area contributed by atoms with E-state index in [1.807, 2.05) is 0 Å². The highest BCUT2D eigenvalue weighted by atomic mass is 16.2. The molecule has 0 aliphatic carbocycles. The van der Waals surface area contributed by atoms with E-state index in [0.29, 0.717) is 6.54 Å². The number of rotatable bonds is 6. The van der Waals surface area contributed by atoms with E-state index in [1.54, 1.807) is 0 Å². The van der Waals surface area contributed by atoms with Crippen molar-refractivity contribution >= 4 is 5.91 Å². The average Bonchev–Trinajstić information content (AvgIpc) is 2.53. The maximum Gasteiger partial charge on any atom is 0.234 e. The molecule has 0 radical (unpaired) electrons. The van der Waals surface area contributed by atoms with Crippen LogP contribution in [0.4, 0.5) is 0 Å². The number of nitrogens with one attached hydrogen (secondary N) is 1. The summed E-state index contributed by atoms with van der Waals surface area (Å²) in [5, 5.41) is 3.00. The summed E-state index contributed by atoms with van der Waals surface area (Å²) in [6.07, 6.45) is 6.16. The number of hydrogen-bond donors (Lipinski definition) is 1. The first kappa shape index (κ1) is 14.5. The molecule has 1 amide bonds. The van der Waals surface area contributed by atoms with Gasteiger partial charge in [-0.05, 0) is 53.0 Å². The molecule has 4 nitrogen and oxygen atoms in total. The molecule has 4 heteroatoms. The Morgan fingerprint density at radius 2 is 1.82 bits per heavy atom. The van der Waals surface area contributed by atoms with Crippen molar-refractivity contribution in [3.05, 3.63) is 0 Å². The molecular weight excluding hydrogens is 214 g/mol. The average molecular weight is 241 g/mol. The number of carbonyl (C=O) groups is 1. The fourth-order valence-corrected chi connectivity index (χ4v) is 2.18. The van der Waals surface area contributed by atoms with Crippen molar-refractivity contribution < 1.29 is 4.79 Å². The molecule has 1 N–H and O–H groups in total. The molecule has 1 fully saturated rings. The maximum absolute atomic E-state index is 11.7. The van der Waals surface area contributed by atoms with Gasteiger partial charge in [0.1, 0.15) is 0 Å². The standard InChI is InChI=1S/C13H27N3O/c1-15(2)9-7-8-14-13(17)12-16-10-5-3-4-6-11-16/h3-12H2,1-2H3,(H,14,17). The molecule has 1 aliphatic rings. The lowest BCUT2D eigenvalue weighted by atomic mass is 10.2. The zero-order chi connectivity index (χ0) is 12.5. The minimum absolute atomic E-state index is 0.186. The van der Waals surface area contributed by atoms with E-state index in [9.17, 15) is 4.79 Å². The first-order valence-electron chi connectivity index (χ1n) is 6.82. The Hall–Kier alpha value is -0.610. The van der Waals surface area contributed by atoms with E-state index in [4.69, 9.17) is 0 Å². The zero-order valence-electron chi connectivity index (χ0n) is 11.4. The van der Waals surface area contributed by atoms with Crippen LogP contribution in [0.5, 0.6) is 0 Å². The van der Waals surface area contributed by atoms with Gasteiger partial charge in [0.25, 0.3) is 0 Å². The van der Waals surface area contributed by atoms with Crippen LogP contribution in [0.1, 0.15) is 32.1 Å². The minimum atomic E-state index is 0.186. The molecule has 0 aromatic heterocycles. The molecule has 17 heavy (non-hydrogen) atoms. The topological polar surface area (TPSA) is 35.6 Å². The second-order valence-corrected chi connectivity index (χ2v) is 5.20. The summed E-state index contributed by atoms with van der Waals surface area (Å²) < 4.78 is 0. The van der Waals surface area contributed by atoms with Crippen LogP contribution in [0.15, 0.2) is 0 Å². The predicted molar refractivity (Wildman–Crippen MR) is 71.1 cm³/mol. The Labute approximate surface area is 105 Å². The van der Waals surface area contributed by atoms with Crippen LogP contribution in [0, 0.1) is 0 Å². The van der Waals surface area contributed by atoms with E-state index < -0.39 is 0 Å². The summed E-state index contributed by atoms with van der Waals surface area (Å²) in [6.45, 7) is 4.59. The van der Waals surface area contributed by atoms with E-state index in [-0.39, 0.29) is 5.91 Å². The lowest BCUT2D eigenvalue weighted by Crippen LogP contribution is -2.38. The number of likely N-dealkylation sites (tertiary alicyclic amines) is 1. The Bertz CT molecular complexity index is 211. The summed E-state index contributed by atoms with van der Waals surface area (Å²) in [4.78, 5) is 16.1. The lowest BCUT2D eigenvalue weighted by Gasteiger charge is -2.19. The largest absolute Gasteiger partial charge is 0.355 e. The number of hydrogen-bond acceptors (Lipinski definition) is 3. The maximum atomic E-state index is 11.7. The van der Waals surface area contributed by atoms with E-state index in [2.05, 4.69) is 29.2 Å². The molecule has 1 heterocycles. The van der Waals surface area contributed by atoms with E-state index in [1.165, 1.54) is 25.7 Å². The fraction of sp³-hybridized carbons (Fsp3) is 0.923. The summed E-state index contributed by atoms with van der Waals surface area (Å²) in [6, 6.07) is 0. The van der Waals surface area contributed by atoms with Gasteiger partial charge < -0.3 is 10.2 Å². The van der Waals surface area contributed by atoms with E-state index in [0.717, 1.165) is 32.6 Å². The van der Waals surface area contributed by atoms with Crippen LogP contribution in [-0.2, 0) is 4.79 Å². The van der Waals surface area contributed by atoms with Crippen LogP contribution in [0.3, 0.4) is 0 Å². The summed E-state index contributed by atoms with van der Waals surface area (Å²) in [5.41, 5.74) is 0. The van der Waals surface area contributed by atoms with Gasteiger partial charge in [-0.1, -0.05) is 12.8 Å². The molecule has 0 aromatic carbocycles. The molecule has 1 aliphatic heterocycles. The highest BCUT2D eigenvalue weighted by Gasteiger charge is 2.12. The Balaban J connectivity index is 2.07. The third kappa shape index (κ3) is 7.34. The monoisotopic (exact) mass is 241 g/mol. The minimum Gasteiger partial charge on any atom is -0.355 e. The predicted octanol–water partition coefficient (Wildman–Crippen LogP) is 0.930. The number of carbonyl (C=O) groups excluding carboxylic acids is 1. The van der Waals surface area contributed by atoms with Gasteiger partial charge in [0, 0.05) is 6.54 Å². The molecule has 100 valence electrons. The van der Waals surface area contributed by atoms with Crippen molar-refractivity contribution in [2.75, 3.05) is 46.8 Å². The molecule has 0 saturated carbocycles. The van der Waals surface area contributed by atoms with E-state index >= 15 is 0 Å². The quantitative estimate of drug-likeness (QED) is 0.703. The highest BCUT2D eigenvalue weighted by Crippen LogP contribution is 2.08. The normalized spacial score (nSPS) is 18.1. The van der Waals surface area contributed by atoms with Crippen LogP contribution >= 0.6 is 0 Å². The van der Waals surface area contributed by atoms with Gasteiger partial charge in [0.15, 0.2) is 0 Å². The second kappa shape index (κ2) is 8.48. The van der Waals surface area contributed by atoms with Crippen molar-refractivity contribution in [3.63, 3.8) is 0 Å². The fourth-order valence-electron chi connectivity index (χ4n) is 2.18. The first-order chi connectivity index (χ1) is 8.18. The van der Waals surface area contributed by atoms with Gasteiger partial charge in [-0.2, -0.15) is 0 Å². The molecule has 1 saturated heterocycles. The van der Waals surface area contributed by atoms with Crippen LogP contribution in [0.25, 0.3) is 0 Å². The molecule has 0 bridgehead atoms. The van der Waals surface area contributed by atoms with Gasteiger partial charge in [-0.3, -0.25) is 9.69 Å². The lowest BCUT2D eigenvalue weighted by molar-refractivity contribution is -0.122. The second-order valence-electron chi connectivity index (χ2n) is 5.20. The Morgan fingerprint density at radius 1 is 1.18 bits per heavy atom.